The summed E-state index contributed by atoms with van der Waals surface area (Å²) in [4.78, 5) is 2.28. The Kier molecular flexibility index (Phi) is 8.54. The van der Waals surface area contributed by atoms with Gasteiger partial charge in [0, 0.05) is 18.8 Å². The molecule has 1 aromatic carbocycles. The van der Waals surface area contributed by atoms with Crippen LogP contribution < -0.4 is 14.4 Å². The number of aromatic nitrogens is 3. The van der Waals surface area contributed by atoms with Gasteiger partial charge in [0.1, 0.15) is 12.4 Å². The van der Waals surface area contributed by atoms with Crippen molar-refractivity contribution in [3.05, 3.63) is 54.0 Å². The summed E-state index contributed by atoms with van der Waals surface area (Å²) in [6, 6.07) is 9.56. The van der Waals surface area contributed by atoms with Gasteiger partial charge in [-0.25, -0.2) is 0 Å². The number of thioether (sulfide) groups is 1. The SMILES string of the molecule is C/C=C/c1ccc(OCC(O)CSc2nnc(N3CCCCC3)n2Cc2ccco2)c(OC)c1. The molecular weight excluding hydrogens is 452 g/mol. The first-order valence-electron chi connectivity index (χ1n) is 11.6. The lowest BCUT2D eigenvalue weighted by molar-refractivity contribution is 0.124. The van der Waals surface area contributed by atoms with E-state index in [0.717, 1.165) is 48.4 Å². The number of nitrogens with zero attached hydrogens (tertiary/aromatic N) is 4. The summed E-state index contributed by atoms with van der Waals surface area (Å²) in [5.74, 6) is 3.37. The second kappa shape index (κ2) is 12.0. The summed E-state index contributed by atoms with van der Waals surface area (Å²) in [7, 11) is 1.61. The summed E-state index contributed by atoms with van der Waals surface area (Å²) in [6.45, 7) is 4.63. The highest BCUT2D eigenvalue weighted by Crippen LogP contribution is 2.30. The molecule has 1 saturated heterocycles. The van der Waals surface area contributed by atoms with Crippen molar-refractivity contribution >= 4 is 23.8 Å². The number of piperidine rings is 1. The number of ether oxygens (including phenoxy) is 2. The standard InChI is InChI=1S/C25H32N4O4S/c1-3-8-19-10-11-22(23(15-19)31-2)33-17-20(30)18-34-25-27-26-24(28-12-5-4-6-13-28)29(25)16-21-9-7-14-32-21/h3,7-11,14-15,20,30H,4-6,12-13,16-18H2,1-2H3/b8-3+. The number of benzene rings is 1. The van der Waals surface area contributed by atoms with Crippen LogP contribution in [0, 0.1) is 0 Å². The first-order valence-corrected chi connectivity index (χ1v) is 12.6. The van der Waals surface area contributed by atoms with E-state index in [1.807, 2.05) is 49.4 Å². The molecule has 0 amide bonds. The van der Waals surface area contributed by atoms with Crippen molar-refractivity contribution in [3.63, 3.8) is 0 Å². The molecule has 9 heteroatoms. The van der Waals surface area contributed by atoms with Crippen LogP contribution in [0.4, 0.5) is 5.95 Å². The van der Waals surface area contributed by atoms with Crippen LogP contribution in [-0.4, -0.2) is 58.5 Å². The number of anilines is 1. The fourth-order valence-electron chi connectivity index (χ4n) is 3.92. The zero-order valence-electron chi connectivity index (χ0n) is 19.7. The molecule has 3 aromatic rings. The lowest BCUT2D eigenvalue weighted by atomic mass is 10.1. The molecule has 34 heavy (non-hydrogen) atoms. The van der Waals surface area contributed by atoms with Crippen molar-refractivity contribution in [3.8, 4) is 11.5 Å². The Morgan fingerprint density at radius 3 is 2.76 bits per heavy atom. The smallest absolute Gasteiger partial charge is 0.228 e. The van der Waals surface area contributed by atoms with Crippen LogP contribution >= 0.6 is 11.8 Å². The lowest BCUT2D eigenvalue weighted by Gasteiger charge is -2.27. The van der Waals surface area contributed by atoms with Gasteiger partial charge in [-0.15, -0.1) is 10.2 Å². The Morgan fingerprint density at radius 1 is 1.18 bits per heavy atom. The third kappa shape index (κ3) is 6.15. The minimum atomic E-state index is -0.683. The quantitative estimate of drug-likeness (QED) is 0.399. The fraction of sp³-hybridized carbons (Fsp3) is 0.440. The molecule has 3 heterocycles. The highest BCUT2D eigenvalue weighted by molar-refractivity contribution is 7.99. The van der Waals surface area contributed by atoms with Gasteiger partial charge in [0.05, 0.1) is 26.0 Å². The fourth-order valence-corrected chi connectivity index (χ4v) is 4.76. The number of hydrogen-bond donors (Lipinski definition) is 1. The Hall–Kier alpha value is -2.91. The number of allylic oxidation sites excluding steroid dienone is 1. The molecule has 0 bridgehead atoms. The second-order valence-electron chi connectivity index (χ2n) is 8.18. The van der Waals surface area contributed by atoms with Gasteiger partial charge in [-0.3, -0.25) is 4.57 Å². The van der Waals surface area contributed by atoms with E-state index >= 15 is 0 Å². The molecule has 0 radical (unpaired) electrons. The van der Waals surface area contributed by atoms with Gasteiger partial charge in [-0.05, 0) is 56.0 Å². The number of aliphatic hydroxyl groups excluding tert-OH is 1. The van der Waals surface area contributed by atoms with Crippen molar-refractivity contribution in [2.24, 2.45) is 0 Å². The van der Waals surface area contributed by atoms with Crippen LogP contribution in [0.5, 0.6) is 11.5 Å². The molecule has 182 valence electrons. The lowest BCUT2D eigenvalue weighted by Crippen LogP contribution is -2.32. The predicted molar refractivity (Wildman–Crippen MR) is 134 cm³/mol. The summed E-state index contributed by atoms with van der Waals surface area (Å²) in [6.07, 6.45) is 8.52. The van der Waals surface area contributed by atoms with E-state index in [1.165, 1.54) is 18.2 Å². The first kappa shape index (κ1) is 24.2. The Bertz CT molecular complexity index is 1060. The van der Waals surface area contributed by atoms with Gasteiger partial charge < -0.3 is 23.9 Å². The Morgan fingerprint density at radius 2 is 2.03 bits per heavy atom. The largest absolute Gasteiger partial charge is 0.493 e. The maximum Gasteiger partial charge on any atom is 0.228 e. The van der Waals surface area contributed by atoms with Crippen LogP contribution in [0.2, 0.25) is 0 Å². The number of aliphatic hydroxyl groups is 1. The van der Waals surface area contributed by atoms with Crippen LogP contribution in [0.3, 0.4) is 0 Å². The maximum absolute atomic E-state index is 10.6. The first-order chi connectivity index (χ1) is 16.7. The van der Waals surface area contributed by atoms with Crippen molar-refractivity contribution in [2.45, 2.75) is 44.0 Å². The zero-order chi connectivity index (χ0) is 23.8. The van der Waals surface area contributed by atoms with Gasteiger partial charge >= 0.3 is 0 Å². The highest BCUT2D eigenvalue weighted by atomic mass is 32.2. The average molecular weight is 485 g/mol. The van der Waals surface area contributed by atoms with Crippen LogP contribution in [0.1, 0.15) is 37.5 Å². The van der Waals surface area contributed by atoms with E-state index in [4.69, 9.17) is 13.9 Å². The molecule has 1 N–H and O–H groups in total. The van der Waals surface area contributed by atoms with E-state index < -0.39 is 6.10 Å². The van der Waals surface area contributed by atoms with E-state index in [9.17, 15) is 5.11 Å². The molecule has 8 nitrogen and oxygen atoms in total. The normalized spacial score (nSPS) is 15.1. The van der Waals surface area contributed by atoms with Crippen molar-refractivity contribution in [1.82, 2.24) is 14.8 Å². The van der Waals surface area contributed by atoms with Crippen molar-refractivity contribution in [1.29, 1.82) is 0 Å². The van der Waals surface area contributed by atoms with Crippen LogP contribution in [0.25, 0.3) is 6.08 Å². The minimum absolute atomic E-state index is 0.150. The maximum atomic E-state index is 10.6. The molecule has 0 aliphatic carbocycles. The number of rotatable bonds is 11. The Labute approximate surface area is 204 Å². The van der Waals surface area contributed by atoms with Crippen LogP contribution in [-0.2, 0) is 6.54 Å². The molecular formula is C25H32N4O4S. The number of methoxy groups -OCH3 is 1. The van der Waals surface area contributed by atoms with Gasteiger partial charge in [0.25, 0.3) is 0 Å². The van der Waals surface area contributed by atoms with Gasteiger partial charge in [0.15, 0.2) is 16.7 Å². The summed E-state index contributed by atoms with van der Waals surface area (Å²) < 4.78 is 18.9. The molecule has 1 aliphatic heterocycles. The molecule has 0 spiro atoms. The highest BCUT2D eigenvalue weighted by Gasteiger charge is 2.22. The molecule has 0 saturated carbocycles. The molecule has 4 rings (SSSR count). The third-order valence-electron chi connectivity index (χ3n) is 5.61. The summed E-state index contributed by atoms with van der Waals surface area (Å²) >= 11 is 1.47. The second-order valence-corrected chi connectivity index (χ2v) is 9.17. The molecule has 2 aromatic heterocycles. The average Bonchev–Trinajstić information content (AvgIpc) is 3.53. The molecule has 1 aliphatic rings. The molecule has 1 atom stereocenters. The molecule has 1 unspecified atom stereocenters. The molecule has 1 fully saturated rings. The van der Waals surface area contributed by atoms with Crippen LogP contribution in [0.15, 0.2) is 52.2 Å². The van der Waals surface area contributed by atoms with E-state index in [1.54, 1.807) is 13.4 Å². The zero-order valence-corrected chi connectivity index (χ0v) is 20.5. The number of hydrogen-bond acceptors (Lipinski definition) is 8. The monoisotopic (exact) mass is 484 g/mol. The van der Waals surface area contributed by atoms with Crippen molar-refractivity contribution < 1.29 is 19.0 Å². The van der Waals surface area contributed by atoms with Gasteiger partial charge in [0.2, 0.25) is 5.95 Å². The minimum Gasteiger partial charge on any atom is -0.493 e. The topological polar surface area (TPSA) is 85.8 Å². The predicted octanol–water partition coefficient (Wildman–Crippen LogP) is 4.48. The third-order valence-corrected chi connectivity index (χ3v) is 6.72. The summed E-state index contributed by atoms with van der Waals surface area (Å²) in [5, 5.41) is 20.3. The number of furan rings is 1. The van der Waals surface area contributed by atoms with E-state index in [0.29, 0.717) is 23.8 Å². The Balaban J connectivity index is 1.39. The van der Waals surface area contributed by atoms with E-state index in [2.05, 4.69) is 19.7 Å². The van der Waals surface area contributed by atoms with Gasteiger partial charge in [-0.2, -0.15) is 0 Å². The summed E-state index contributed by atoms with van der Waals surface area (Å²) in [5.41, 5.74) is 1.03. The van der Waals surface area contributed by atoms with Gasteiger partial charge in [-0.1, -0.05) is 30.0 Å². The van der Waals surface area contributed by atoms with Crippen molar-refractivity contribution in [2.75, 3.05) is 37.5 Å². The van der Waals surface area contributed by atoms with E-state index in [-0.39, 0.29) is 6.61 Å².